The number of nitro benzene ring substituents is 1. The zero-order chi connectivity index (χ0) is 13.3. The molecule has 0 fully saturated rings. The topological polar surface area (TPSA) is 68.9 Å². The number of benzene rings is 1. The predicted octanol–water partition coefficient (Wildman–Crippen LogP) is 3.13. The van der Waals surface area contributed by atoms with Crippen molar-refractivity contribution in [2.75, 3.05) is 0 Å². The molecule has 0 spiro atoms. The van der Waals surface area contributed by atoms with Gasteiger partial charge < -0.3 is 0 Å². The average Bonchev–Trinajstić information content (AvgIpc) is 2.80. The Morgan fingerprint density at radius 1 is 1.33 bits per heavy atom. The van der Waals surface area contributed by atoms with E-state index in [1.165, 1.54) is 0 Å². The van der Waals surface area contributed by atoms with Gasteiger partial charge in [0.15, 0.2) is 16.6 Å². The van der Waals surface area contributed by atoms with Gasteiger partial charge in [0.2, 0.25) is 0 Å². The Morgan fingerprint density at radius 2 is 2.00 bits per heavy atom. The van der Waals surface area contributed by atoms with Crippen LogP contribution in [0.3, 0.4) is 0 Å². The smallest absolute Gasteiger partial charge is 0.258 e. The first-order valence-corrected chi connectivity index (χ1v) is 5.90. The van der Waals surface area contributed by atoms with Gasteiger partial charge in [0, 0.05) is 0 Å². The van der Waals surface area contributed by atoms with Crippen LogP contribution in [0.5, 0.6) is 0 Å². The van der Waals surface area contributed by atoms with Gasteiger partial charge in [0.1, 0.15) is 5.01 Å². The molecule has 0 bridgehead atoms. The minimum atomic E-state index is -1.28. The standard InChI is InChI=1S/C9H4ClF2N3O2S/c10-3-8-13-14-9(18-8)4-1-5(11)6(12)2-7(4)15(16)17/h1-2H,3H2. The summed E-state index contributed by atoms with van der Waals surface area (Å²) in [5.41, 5.74) is -0.682. The van der Waals surface area contributed by atoms with Crippen LogP contribution in [0.15, 0.2) is 12.1 Å². The number of alkyl halides is 1. The van der Waals surface area contributed by atoms with Crippen molar-refractivity contribution < 1.29 is 13.7 Å². The largest absolute Gasteiger partial charge is 0.282 e. The van der Waals surface area contributed by atoms with Crippen LogP contribution in [-0.4, -0.2) is 15.1 Å². The van der Waals surface area contributed by atoms with E-state index in [1.54, 1.807) is 0 Å². The van der Waals surface area contributed by atoms with Gasteiger partial charge in [-0.25, -0.2) is 8.78 Å². The molecule has 9 heteroatoms. The highest BCUT2D eigenvalue weighted by Crippen LogP contribution is 2.33. The van der Waals surface area contributed by atoms with E-state index >= 15 is 0 Å². The van der Waals surface area contributed by atoms with Crippen molar-refractivity contribution in [2.45, 2.75) is 5.88 Å². The summed E-state index contributed by atoms with van der Waals surface area (Å²) >= 11 is 6.51. The lowest BCUT2D eigenvalue weighted by Crippen LogP contribution is -1.95. The Kier molecular flexibility index (Phi) is 3.48. The van der Waals surface area contributed by atoms with Gasteiger partial charge in [0.25, 0.3) is 5.69 Å². The number of hydrogen-bond acceptors (Lipinski definition) is 5. The van der Waals surface area contributed by atoms with Crippen LogP contribution in [0.4, 0.5) is 14.5 Å². The second-order valence-electron chi connectivity index (χ2n) is 3.18. The summed E-state index contributed by atoms with van der Waals surface area (Å²) in [5.74, 6) is -2.37. The Balaban J connectivity index is 2.61. The second kappa shape index (κ2) is 4.91. The maximum atomic E-state index is 13.1. The fourth-order valence-corrected chi connectivity index (χ4v) is 2.21. The van der Waals surface area contributed by atoms with Crippen LogP contribution in [0, 0.1) is 21.7 Å². The molecule has 1 heterocycles. The molecule has 0 saturated heterocycles. The summed E-state index contributed by atoms with van der Waals surface area (Å²) in [5, 5.41) is 18.7. The van der Waals surface area contributed by atoms with Crippen molar-refractivity contribution in [1.82, 2.24) is 10.2 Å². The molecule has 0 aliphatic heterocycles. The number of rotatable bonds is 3. The van der Waals surface area contributed by atoms with Crippen molar-refractivity contribution in [1.29, 1.82) is 0 Å². The zero-order valence-electron chi connectivity index (χ0n) is 8.56. The number of aromatic nitrogens is 2. The van der Waals surface area contributed by atoms with Gasteiger partial charge in [-0.2, -0.15) is 0 Å². The van der Waals surface area contributed by atoms with Gasteiger partial charge in [-0.3, -0.25) is 10.1 Å². The molecule has 1 aromatic heterocycles. The highest BCUT2D eigenvalue weighted by molar-refractivity contribution is 7.14. The SMILES string of the molecule is O=[N+]([O-])c1cc(F)c(F)cc1-c1nnc(CCl)s1. The van der Waals surface area contributed by atoms with E-state index in [1.807, 2.05) is 0 Å². The maximum absolute atomic E-state index is 13.1. The zero-order valence-corrected chi connectivity index (χ0v) is 10.1. The second-order valence-corrected chi connectivity index (χ2v) is 4.50. The van der Waals surface area contributed by atoms with Gasteiger partial charge >= 0.3 is 0 Å². The summed E-state index contributed by atoms with van der Waals surface area (Å²) in [6.07, 6.45) is 0. The molecule has 0 aliphatic rings. The lowest BCUT2D eigenvalue weighted by atomic mass is 10.2. The van der Waals surface area contributed by atoms with Crippen molar-refractivity contribution >= 4 is 28.6 Å². The molecule has 2 rings (SSSR count). The van der Waals surface area contributed by atoms with Gasteiger partial charge in [-0.05, 0) is 6.07 Å². The molecule has 94 valence electrons. The van der Waals surface area contributed by atoms with Crippen molar-refractivity contribution in [3.05, 3.63) is 38.9 Å². The van der Waals surface area contributed by atoms with Gasteiger partial charge in [0.05, 0.1) is 22.4 Å². The minimum absolute atomic E-state index is 0.0924. The Labute approximate surface area is 108 Å². The van der Waals surface area contributed by atoms with Gasteiger partial charge in [-0.1, -0.05) is 11.3 Å². The predicted molar refractivity (Wildman–Crippen MR) is 61.5 cm³/mol. The van der Waals surface area contributed by atoms with E-state index < -0.39 is 22.2 Å². The number of halogens is 3. The van der Waals surface area contributed by atoms with Crippen LogP contribution >= 0.6 is 22.9 Å². The molecule has 5 nitrogen and oxygen atoms in total. The normalized spacial score (nSPS) is 10.6. The highest BCUT2D eigenvalue weighted by Gasteiger charge is 2.22. The maximum Gasteiger partial charge on any atom is 0.282 e. The molecule has 1 aromatic carbocycles. The Bertz CT molecular complexity index is 620. The van der Waals surface area contributed by atoms with Crippen LogP contribution < -0.4 is 0 Å². The first kappa shape index (κ1) is 12.8. The molecule has 18 heavy (non-hydrogen) atoms. The molecule has 0 amide bonds. The third-order valence-electron chi connectivity index (χ3n) is 2.05. The molecule has 0 saturated carbocycles. The molecular weight excluding hydrogens is 288 g/mol. The van der Waals surface area contributed by atoms with E-state index in [0.717, 1.165) is 17.4 Å². The summed E-state index contributed by atoms with van der Waals surface area (Å²) in [6.45, 7) is 0. The summed E-state index contributed by atoms with van der Waals surface area (Å²) in [7, 11) is 0. The molecule has 2 aromatic rings. The highest BCUT2D eigenvalue weighted by atomic mass is 35.5. The molecule has 0 radical (unpaired) electrons. The third-order valence-corrected chi connectivity index (χ3v) is 3.42. The molecule has 0 unspecified atom stereocenters. The third kappa shape index (κ3) is 2.29. The number of hydrogen-bond donors (Lipinski definition) is 0. The minimum Gasteiger partial charge on any atom is -0.258 e. The van der Waals surface area contributed by atoms with Crippen LogP contribution in [-0.2, 0) is 5.88 Å². The van der Waals surface area contributed by atoms with Crippen molar-refractivity contribution in [2.24, 2.45) is 0 Å². The van der Waals surface area contributed by atoms with E-state index in [-0.39, 0.29) is 16.5 Å². The molecule has 0 N–H and O–H groups in total. The Hall–Kier alpha value is -1.67. The van der Waals surface area contributed by atoms with E-state index in [4.69, 9.17) is 11.6 Å². The summed E-state index contributed by atoms with van der Waals surface area (Å²) in [4.78, 5) is 9.98. The first-order chi connectivity index (χ1) is 8.52. The van der Waals surface area contributed by atoms with Crippen LogP contribution in [0.1, 0.15) is 5.01 Å². The lowest BCUT2D eigenvalue weighted by Gasteiger charge is -2.00. The number of nitrogens with zero attached hydrogens (tertiary/aromatic N) is 3. The summed E-state index contributed by atoms with van der Waals surface area (Å²) < 4.78 is 26.1. The Morgan fingerprint density at radius 3 is 2.56 bits per heavy atom. The lowest BCUT2D eigenvalue weighted by molar-refractivity contribution is -0.384. The van der Waals surface area contributed by atoms with E-state index in [2.05, 4.69) is 10.2 Å². The molecular formula is C9H4ClF2N3O2S. The van der Waals surface area contributed by atoms with E-state index in [9.17, 15) is 18.9 Å². The monoisotopic (exact) mass is 291 g/mol. The number of nitro groups is 1. The van der Waals surface area contributed by atoms with Crippen LogP contribution in [0.2, 0.25) is 0 Å². The van der Waals surface area contributed by atoms with Gasteiger partial charge in [-0.15, -0.1) is 21.8 Å². The fraction of sp³-hybridized carbons (Fsp3) is 0.111. The van der Waals surface area contributed by atoms with E-state index in [0.29, 0.717) is 11.1 Å². The first-order valence-electron chi connectivity index (χ1n) is 4.55. The quantitative estimate of drug-likeness (QED) is 0.495. The fourth-order valence-electron chi connectivity index (χ4n) is 1.28. The average molecular weight is 292 g/mol. The van der Waals surface area contributed by atoms with Crippen molar-refractivity contribution in [3.8, 4) is 10.6 Å². The summed E-state index contributed by atoms with van der Waals surface area (Å²) in [6, 6.07) is 1.25. The van der Waals surface area contributed by atoms with Crippen molar-refractivity contribution in [3.63, 3.8) is 0 Å². The molecule has 0 atom stereocenters. The van der Waals surface area contributed by atoms with Crippen LogP contribution in [0.25, 0.3) is 10.6 Å². The molecule has 0 aliphatic carbocycles.